The predicted octanol–water partition coefficient (Wildman–Crippen LogP) is 4.98. The number of aryl methyl sites for hydroxylation is 2. The largest absolute Gasteiger partial charge is 0.478 e. The number of carboxylic acids is 1. The first kappa shape index (κ1) is 26.0. The summed E-state index contributed by atoms with van der Waals surface area (Å²) >= 11 is 5.59. The zero-order chi connectivity index (χ0) is 24.8. The molecule has 10 heteroatoms. The maximum absolute atomic E-state index is 11.5. The SMILES string of the molecule is Cc1ccc(Cl)c(P(=O)(O)O)c1.Cc1ccccc1/C(=C\c1ccc([N+](=O)[O-])cc1)C(=O)O. The summed E-state index contributed by atoms with van der Waals surface area (Å²) in [5.41, 5.74) is 2.98. The molecule has 0 amide bonds. The van der Waals surface area contributed by atoms with E-state index in [1.807, 2.05) is 19.1 Å². The van der Waals surface area contributed by atoms with Gasteiger partial charge in [0.15, 0.2) is 0 Å². The van der Waals surface area contributed by atoms with E-state index in [1.54, 1.807) is 25.1 Å². The lowest BCUT2D eigenvalue weighted by atomic mass is 9.98. The number of nitrogens with zero attached hydrogens (tertiary/aromatic N) is 1. The molecular weight excluding hydrogens is 469 g/mol. The lowest BCUT2D eigenvalue weighted by Crippen LogP contribution is -2.05. The highest BCUT2D eigenvalue weighted by Gasteiger charge is 2.20. The number of non-ortho nitro benzene ring substituents is 1. The minimum absolute atomic E-state index is 0.0279. The van der Waals surface area contributed by atoms with Gasteiger partial charge in [-0.05, 0) is 60.9 Å². The molecule has 3 aromatic rings. The molecule has 33 heavy (non-hydrogen) atoms. The Balaban J connectivity index is 0.000000273. The summed E-state index contributed by atoms with van der Waals surface area (Å²) in [7, 11) is -4.21. The summed E-state index contributed by atoms with van der Waals surface area (Å²) in [5, 5.41) is 20.0. The van der Waals surface area contributed by atoms with E-state index in [1.165, 1.54) is 42.5 Å². The summed E-state index contributed by atoms with van der Waals surface area (Å²) in [6.07, 6.45) is 1.51. The number of hydrogen-bond donors (Lipinski definition) is 3. The van der Waals surface area contributed by atoms with Crippen LogP contribution in [-0.2, 0) is 9.36 Å². The molecule has 3 aromatic carbocycles. The van der Waals surface area contributed by atoms with Crippen LogP contribution in [0.2, 0.25) is 5.02 Å². The van der Waals surface area contributed by atoms with Crippen molar-refractivity contribution in [1.29, 1.82) is 0 Å². The Kier molecular flexibility index (Phi) is 8.68. The van der Waals surface area contributed by atoms with Gasteiger partial charge in [-0.3, -0.25) is 14.7 Å². The van der Waals surface area contributed by atoms with Gasteiger partial charge in [-0.25, -0.2) is 4.79 Å². The van der Waals surface area contributed by atoms with Crippen LogP contribution in [-0.4, -0.2) is 25.8 Å². The van der Waals surface area contributed by atoms with E-state index >= 15 is 0 Å². The van der Waals surface area contributed by atoms with Crippen LogP contribution in [0.5, 0.6) is 0 Å². The van der Waals surface area contributed by atoms with Crippen LogP contribution in [0.1, 0.15) is 22.3 Å². The Bertz CT molecular complexity index is 1250. The zero-order valence-electron chi connectivity index (χ0n) is 17.7. The van der Waals surface area contributed by atoms with Crippen molar-refractivity contribution >= 4 is 47.8 Å². The molecule has 172 valence electrons. The van der Waals surface area contributed by atoms with Crippen LogP contribution in [0, 0.1) is 24.0 Å². The summed E-state index contributed by atoms with van der Waals surface area (Å²) in [6.45, 7) is 3.58. The quantitative estimate of drug-likeness (QED) is 0.151. The Morgan fingerprint density at radius 3 is 2.12 bits per heavy atom. The zero-order valence-corrected chi connectivity index (χ0v) is 19.3. The predicted molar refractivity (Wildman–Crippen MR) is 128 cm³/mol. The minimum atomic E-state index is -4.21. The van der Waals surface area contributed by atoms with Gasteiger partial charge < -0.3 is 14.9 Å². The second-order valence-corrected chi connectivity index (χ2v) is 9.00. The van der Waals surface area contributed by atoms with E-state index in [2.05, 4.69) is 0 Å². The fourth-order valence-electron chi connectivity index (χ4n) is 2.83. The maximum Gasteiger partial charge on any atom is 0.357 e. The van der Waals surface area contributed by atoms with Crippen molar-refractivity contribution in [3.63, 3.8) is 0 Å². The van der Waals surface area contributed by atoms with Gasteiger partial charge in [0.1, 0.15) is 0 Å². The van der Waals surface area contributed by atoms with E-state index in [0.717, 1.165) is 11.1 Å². The minimum Gasteiger partial charge on any atom is -0.478 e. The fourth-order valence-corrected chi connectivity index (χ4v) is 4.01. The highest BCUT2D eigenvalue weighted by molar-refractivity contribution is 7.60. The normalized spacial score (nSPS) is 11.4. The van der Waals surface area contributed by atoms with E-state index in [4.69, 9.17) is 21.4 Å². The van der Waals surface area contributed by atoms with Crippen molar-refractivity contribution in [3.8, 4) is 0 Å². The van der Waals surface area contributed by atoms with Gasteiger partial charge in [-0.1, -0.05) is 47.5 Å². The Morgan fingerprint density at radius 1 is 1.03 bits per heavy atom. The van der Waals surface area contributed by atoms with Crippen molar-refractivity contribution < 1.29 is 29.2 Å². The number of rotatable bonds is 5. The maximum atomic E-state index is 11.5. The summed E-state index contributed by atoms with van der Waals surface area (Å²) in [5.74, 6) is -1.04. The van der Waals surface area contributed by atoms with Gasteiger partial charge in [-0.2, -0.15) is 0 Å². The standard InChI is InChI=1S/C16H13NO4.C7H8ClO3P/c1-11-4-2-3-5-14(11)15(16(18)19)10-12-6-8-13(9-7-12)17(20)21;1-5-2-3-6(8)7(4-5)12(9,10)11/h2-10H,1H3,(H,18,19);2-4H,1H3,(H2,9,10,11)/b15-10+;. The van der Waals surface area contributed by atoms with Crippen LogP contribution < -0.4 is 5.30 Å². The molecule has 0 aliphatic heterocycles. The van der Waals surface area contributed by atoms with Crippen LogP contribution in [0.25, 0.3) is 11.6 Å². The number of carboxylic acid groups (broad SMARTS) is 1. The molecule has 0 fully saturated rings. The number of nitro benzene ring substituents is 1. The average molecular weight is 490 g/mol. The van der Waals surface area contributed by atoms with E-state index in [0.29, 0.717) is 11.1 Å². The number of aliphatic carboxylic acids is 1. The number of halogens is 1. The van der Waals surface area contributed by atoms with Gasteiger partial charge in [0.25, 0.3) is 5.69 Å². The van der Waals surface area contributed by atoms with Gasteiger partial charge in [0.05, 0.1) is 20.8 Å². The van der Waals surface area contributed by atoms with Crippen LogP contribution in [0.3, 0.4) is 0 Å². The summed E-state index contributed by atoms with van der Waals surface area (Å²) in [4.78, 5) is 39.2. The number of carbonyl (C=O) groups is 1. The number of hydrogen-bond acceptors (Lipinski definition) is 4. The highest BCUT2D eigenvalue weighted by atomic mass is 35.5. The average Bonchev–Trinajstić information content (AvgIpc) is 2.74. The first-order valence-corrected chi connectivity index (χ1v) is 11.5. The summed E-state index contributed by atoms with van der Waals surface area (Å²) in [6, 6.07) is 17.5. The molecule has 0 saturated carbocycles. The third-order valence-electron chi connectivity index (χ3n) is 4.50. The lowest BCUT2D eigenvalue weighted by Gasteiger charge is -2.06. The third-order valence-corrected chi connectivity index (χ3v) is 5.96. The molecule has 3 rings (SSSR count). The second-order valence-electron chi connectivity index (χ2n) is 7.03. The molecule has 0 heterocycles. The molecule has 0 atom stereocenters. The van der Waals surface area contributed by atoms with Crippen LogP contribution in [0.4, 0.5) is 5.69 Å². The molecular formula is C23H21ClNO7P. The van der Waals surface area contributed by atoms with E-state index < -0.39 is 18.5 Å². The molecule has 0 aliphatic carbocycles. The molecule has 0 saturated heterocycles. The Labute approximate surface area is 195 Å². The van der Waals surface area contributed by atoms with Crippen molar-refractivity contribution in [3.05, 3.63) is 104 Å². The van der Waals surface area contributed by atoms with Crippen LogP contribution in [0.15, 0.2) is 66.7 Å². The first-order chi connectivity index (χ1) is 15.4. The molecule has 0 unspecified atom stereocenters. The molecule has 0 spiro atoms. The second kappa shape index (κ2) is 11.0. The summed E-state index contributed by atoms with van der Waals surface area (Å²) < 4.78 is 10.8. The van der Waals surface area contributed by atoms with E-state index in [9.17, 15) is 24.6 Å². The third kappa shape index (κ3) is 7.37. The van der Waals surface area contributed by atoms with Gasteiger partial charge >= 0.3 is 13.6 Å². The smallest absolute Gasteiger partial charge is 0.357 e. The Morgan fingerprint density at radius 2 is 1.64 bits per heavy atom. The molecule has 0 radical (unpaired) electrons. The highest BCUT2D eigenvalue weighted by Crippen LogP contribution is 2.36. The van der Waals surface area contributed by atoms with Crippen molar-refractivity contribution in [2.24, 2.45) is 0 Å². The number of benzene rings is 3. The fraction of sp³-hybridized carbons (Fsp3) is 0.0870. The van der Waals surface area contributed by atoms with Crippen molar-refractivity contribution in [1.82, 2.24) is 0 Å². The first-order valence-electron chi connectivity index (χ1n) is 9.48. The Hall–Kier alpha value is -3.29. The molecule has 0 aliphatic rings. The van der Waals surface area contributed by atoms with Gasteiger partial charge in [0.2, 0.25) is 0 Å². The van der Waals surface area contributed by atoms with Gasteiger partial charge in [-0.15, -0.1) is 0 Å². The molecule has 3 N–H and O–H groups in total. The van der Waals surface area contributed by atoms with Gasteiger partial charge in [0, 0.05) is 12.1 Å². The monoisotopic (exact) mass is 489 g/mol. The molecule has 0 bridgehead atoms. The molecule has 0 aromatic heterocycles. The van der Waals surface area contributed by atoms with Crippen LogP contribution >= 0.6 is 19.2 Å². The van der Waals surface area contributed by atoms with Crippen molar-refractivity contribution in [2.75, 3.05) is 0 Å². The number of nitro groups is 1. The van der Waals surface area contributed by atoms with E-state index in [-0.39, 0.29) is 21.6 Å². The molecule has 8 nitrogen and oxygen atoms in total. The lowest BCUT2D eigenvalue weighted by molar-refractivity contribution is -0.384. The van der Waals surface area contributed by atoms with Crippen molar-refractivity contribution in [2.45, 2.75) is 13.8 Å². The topological polar surface area (TPSA) is 138 Å².